The Bertz CT molecular complexity index is 980. The molecule has 8 heteroatoms. The average Bonchev–Trinajstić information content (AvgIpc) is 2.61. The molecule has 0 bridgehead atoms. The van der Waals surface area contributed by atoms with Crippen LogP contribution in [0.3, 0.4) is 0 Å². The first-order chi connectivity index (χ1) is 12.4. The van der Waals surface area contributed by atoms with E-state index in [0.29, 0.717) is 5.69 Å². The van der Waals surface area contributed by atoms with Crippen molar-refractivity contribution < 1.29 is 4.79 Å². The zero-order valence-electron chi connectivity index (χ0n) is 14.7. The van der Waals surface area contributed by atoms with E-state index in [0.717, 1.165) is 21.6 Å². The largest absolute Gasteiger partial charge is 0.293 e. The van der Waals surface area contributed by atoms with Crippen molar-refractivity contribution in [2.75, 3.05) is 5.32 Å². The Balaban J connectivity index is 1.88. The Labute approximate surface area is 150 Å². The van der Waals surface area contributed by atoms with Gasteiger partial charge in [0.2, 0.25) is 5.95 Å². The molecule has 0 radical (unpaired) electrons. The van der Waals surface area contributed by atoms with Gasteiger partial charge >= 0.3 is 0 Å². The first-order valence-electron chi connectivity index (χ1n) is 8.07. The molecule has 0 aliphatic carbocycles. The Morgan fingerprint density at radius 2 is 1.73 bits per heavy atom. The van der Waals surface area contributed by atoms with Crippen molar-refractivity contribution >= 4 is 11.9 Å². The van der Waals surface area contributed by atoms with Crippen molar-refractivity contribution in [1.82, 2.24) is 24.7 Å². The van der Waals surface area contributed by atoms with Crippen LogP contribution in [-0.2, 0) is 4.79 Å². The van der Waals surface area contributed by atoms with Crippen LogP contribution in [0.25, 0.3) is 11.3 Å². The number of amides is 1. The van der Waals surface area contributed by atoms with E-state index in [4.69, 9.17) is 0 Å². The number of hydrogen-bond donors (Lipinski definition) is 1. The van der Waals surface area contributed by atoms with Gasteiger partial charge in [-0.1, -0.05) is 0 Å². The van der Waals surface area contributed by atoms with Crippen molar-refractivity contribution in [3.63, 3.8) is 0 Å². The molecule has 132 valence electrons. The van der Waals surface area contributed by atoms with Crippen molar-refractivity contribution in [3.05, 3.63) is 64.5 Å². The number of pyridine rings is 1. The van der Waals surface area contributed by atoms with Crippen molar-refractivity contribution in [2.45, 2.75) is 26.8 Å². The van der Waals surface area contributed by atoms with Gasteiger partial charge in [-0.2, -0.15) is 5.10 Å². The second-order valence-electron chi connectivity index (χ2n) is 5.88. The summed E-state index contributed by atoms with van der Waals surface area (Å²) in [5.74, 6) is -0.214. The smallest absolute Gasteiger partial charge is 0.267 e. The van der Waals surface area contributed by atoms with Gasteiger partial charge < -0.3 is 0 Å². The number of nitrogens with one attached hydrogen (secondary N) is 1. The molecule has 1 atom stereocenters. The van der Waals surface area contributed by atoms with E-state index in [1.165, 1.54) is 6.07 Å². The Kier molecular flexibility index (Phi) is 4.83. The summed E-state index contributed by atoms with van der Waals surface area (Å²) in [4.78, 5) is 37.0. The summed E-state index contributed by atoms with van der Waals surface area (Å²) in [6, 6.07) is 7.56. The molecule has 3 rings (SSSR count). The lowest BCUT2D eigenvalue weighted by Crippen LogP contribution is -2.33. The fourth-order valence-corrected chi connectivity index (χ4v) is 2.49. The second kappa shape index (κ2) is 7.22. The maximum absolute atomic E-state index is 12.5. The van der Waals surface area contributed by atoms with Gasteiger partial charge in [0.25, 0.3) is 11.5 Å². The fraction of sp³-hybridized carbons (Fsp3) is 0.222. The van der Waals surface area contributed by atoms with Crippen molar-refractivity contribution in [1.29, 1.82) is 0 Å². The van der Waals surface area contributed by atoms with Crippen molar-refractivity contribution in [3.8, 4) is 11.3 Å². The number of anilines is 1. The maximum atomic E-state index is 12.5. The zero-order valence-corrected chi connectivity index (χ0v) is 14.7. The second-order valence-corrected chi connectivity index (χ2v) is 5.88. The van der Waals surface area contributed by atoms with Crippen LogP contribution in [0.2, 0.25) is 0 Å². The molecule has 0 aliphatic rings. The lowest BCUT2D eigenvalue weighted by molar-refractivity contribution is -0.119. The Morgan fingerprint density at radius 1 is 1.08 bits per heavy atom. The summed E-state index contributed by atoms with van der Waals surface area (Å²) in [6.45, 7) is 5.23. The molecule has 26 heavy (non-hydrogen) atoms. The minimum atomic E-state index is -0.825. The molecule has 0 saturated heterocycles. The molecule has 0 saturated carbocycles. The molecule has 1 N–H and O–H groups in total. The number of carbonyl (C=O) groups is 1. The van der Waals surface area contributed by atoms with E-state index >= 15 is 0 Å². The average molecular weight is 350 g/mol. The SMILES string of the molecule is Cc1cc(C)nc(NC(=O)C(C)n2nc(-c3ccncc3)ccc2=O)n1. The molecular formula is C18H18N6O2. The summed E-state index contributed by atoms with van der Waals surface area (Å²) in [7, 11) is 0. The normalized spacial score (nSPS) is 11.8. The highest BCUT2D eigenvalue weighted by molar-refractivity contribution is 5.91. The third-order valence-corrected chi connectivity index (χ3v) is 3.76. The number of aromatic nitrogens is 5. The first kappa shape index (κ1) is 17.4. The monoisotopic (exact) mass is 350 g/mol. The molecule has 8 nitrogen and oxygen atoms in total. The number of aryl methyl sites for hydroxylation is 2. The van der Waals surface area contributed by atoms with Gasteiger partial charge in [0.1, 0.15) is 6.04 Å². The summed E-state index contributed by atoms with van der Waals surface area (Å²) in [6.07, 6.45) is 3.28. The quantitative estimate of drug-likeness (QED) is 0.771. The van der Waals surface area contributed by atoms with E-state index < -0.39 is 11.9 Å². The maximum Gasteiger partial charge on any atom is 0.267 e. The Morgan fingerprint density at radius 3 is 2.38 bits per heavy atom. The summed E-state index contributed by atoms with van der Waals surface area (Å²) in [5, 5.41) is 6.95. The predicted molar refractivity (Wildman–Crippen MR) is 96.6 cm³/mol. The van der Waals surface area contributed by atoms with Crippen LogP contribution in [0.15, 0.2) is 47.5 Å². The van der Waals surface area contributed by atoms with E-state index in [-0.39, 0.29) is 11.5 Å². The Hall–Kier alpha value is -3.42. The number of rotatable bonds is 4. The molecule has 0 aliphatic heterocycles. The van der Waals surface area contributed by atoms with E-state index in [1.807, 2.05) is 19.9 Å². The van der Waals surface area contributed by atoms with Crippen LogP contribution < -0.4 is 10.9 Å². The van der Waals surface area contributed by atoms with Crippen LogP contribution in [0, 0.1) is 13.8 Å². The van der Waals surface area contributed by atoms with E-state index in [2.05, 4.69) is 25.4 Å². The number of nitrogens with zero attached hydrogens (tertiary/aromatic N) is 5. The number of hydrogen-bond acceptors (Lipinski definition) is 6. The molecule has 1 unspecified atom stereocenters. The van der Waals surface area contributed by atoms with Crippen LogP contribution >= 0.6 is 0 Å². The lowest BCUT2D eigenvalue weighted by Gasteiger charge is -2.14. The first-order valence-corrected chi connectivity index (χ1v) is 8.07. The number of carbonyl (C=O) groups excluding carboxylic acids is 1. The highest BCUT2D eigenvalue weighted by atomic mass is 16.2. The molecule has 0 fully saturated rings. The van der Waals surface area contributed by atoms with Gasteiger partial charge in [-0.3, -0.25) is 19.9 Å². The van der Waals surface area contributed by atoms with Gasteiger partial charge in [-0.25, -0.2) is 14.6 Å². The van der Waals surface area contributed by atoms with Crippen LogP contribution in [0.1, 0.15) is 24.4 Å². The summed E-state index contributed by atoms with van der Waals surface area (Å²) < 4.78 is 1.15. The molecule has 3 aromatic rings. The third kappa shape index (κ3) is 3.80. The molecule has 1 amide bonds. The highest BCUT2D eigenvalue weighted by Crippen LogP contribution is 2.15. The molecule has 0 aromatic carbocycles. The lowest BCUT2D eigenvalue weighted by atomic mass is 10.2. The molecule has 3 heterocycles. The van der Waals surface area contributed by atoms with E-state index in [1.54, 1.807) is 37.5 Å². The summed E-state index contributed by atoms with van der Waals surface area (Å²) in [5.41, 5.74) is 2.51. The van der Waals surface area contributed by atoms with Crippen molar-refractivity contribution in [2.24, 2.45) is 0 Å². The molecular weight excluding hydrogens is 332 g/mol. The zero-order chi connectivity index (χ0) is 18.7. The van der Waals surface area contributed by atoms with Gasteiger partial charge in [0.15, 0.2) is 0 Å². The molecule has 0 spiro atoms. The summed E-state index contributed by atoms with van der Waals surface area (Å²) >= 11 is 0. The molecule has 3 aromatic heterocycles. The third-order valence-electron chi connectivity index (χ3n) is 3.76. The van der Waals surface area contributed by atoms with Gasteiger partial charge in [-0.15, -0.1) is 0 Å². The minimum Gasteiger partial charge on any atom is -0.293 e. The fourth-order valence-electron chi connectivity index (χ4n) is 2.49. The van der Waals surface area contributed by atoms with Gasteiger partial charge in [-0.05, 0) is 45.0 Å². The topological polar surface area (TPSA) is 103 Å². The minimum absolute atomic E-state index is 0.206. The van der Waals surface area contributed by atoms with Crippen LogP contribution in [0.5, 0.6) is 0 Å². The van der Waals surface area contributed by atoms with E-state index in [9.17, 15) is 9.59 Å². The van der Waals surface area contributed by atoms with Crippen LogP contribution in [0.4, 0.5) is 5.95 Å². The standard InChI is InChI=1S/C18H18N6O2/c1-11-10-12(2)21-18(20-11)22-17(26)13(3)24-16(25)5-4-15(23-24)14-6-8-19-9-7-14/h4-10,13H,1-3H3,(H,20,21,22,26). The highest BCUT2D eigenvalue weighted by Gasteiger charge is 2.19. The van der Waals surface area contributed by atoms with Crippen LogP contribution in [-0.4, -0.2) is 30.6 Å². The van der Waals surface area contributed by atoms with Gasteiger partial charge in [0.05, 0.1) is 5.69 Å². The predicted octanol–water partition coefficient (Wildman–Crippen LogP) is 1.91. The van der Waals surface area contributed by atoms with Gasteiger partial charge in [0, 0.05) is 35.4 Å².